The molecule has 0 unspecified atom stereocenters. The van der Waals surface area contributed by atoms with E-state index >= 15 is 0 Å². The number of aromatic amines is 1. The molecule has 0 atom stereocenters. The van der Waals surface area contributed by atoms with E-state index in [4.69, 9.17) is 16.3 Å². The monoisotopic (exact) mass is 404 g/mol. The summed E-state index contributed by atoms with van der Waals surface area (Å²) in [6, 6.07) is 19.7. The highest BCUT2D eigenvalue weighted by Gasteiger charge is 2.15. The zero-order valence-electron chi connectivity index (χ0n) is 15.6. The maximum Gasteiger partial charge on any atom is 0.338 e. The zero-order chi connectivity index (χ0) is 20.4. The molecular weight excluding hydrogens is 388 g/mol. The van der Waals surface area contributed by atoms with Gasteiger partial charge in [0.2, 0.25) is 5.78 Å². The van der Waals surface area contributed by atoms with E-state index < -0.39 is 5.97 Å². The van der Waals surface area contributed by atoms with Gasteiger partial charge in [-0.05, 0) is 37.3 Å². The van der Waals surface area contributed by atoms with Crippen LogP contribution in [0.1, 0.15) is 26.3 Å². The van der Waals surface area contributed by atoms with Crippen molar-refractivity contribution in [3.8, 4) is 11.4 Å². The van der Waals surface area contributed by atoms with Crippen LogP contribution in [0, 0.1) is 6.92 Å². The predicted octanol–water partition coefficient (Wildman–Crippen LogP) is 5.23. The third-order valence-corrected chi connectivity index (χ3v) is 4.88. The number of ketones is 1. The number of hydrogen-bond donors (Lipinski definition) is 1. The Balaban J connectivity index is 1.50. The molecule has 1 N–H and O–H groups in total. The van der Waals surface area contributed by atoms with Crippen molar-refractivity contribution in [3.05, 3.63) is 88.4 Å². The molecule has 0 aliphatic carbocycles. The van der Waals surface area contributed by atoms with Gasteiger partial charge in [-0.3, -0.25) is 4.79 Å². The van der Waals surface area contributed by atoms with Gasteiger partial charge in [0.05, 0.1) is 21.6 Å². The minimum Gasteiger partial charge on any atom is -0.454 e. The van der Waals surface area contributed by atoms with Crippen molar-refractivity contribution in [1.82, 2.24) is 9.97 Å². The average Bonchev–Trinajstić information content (AvgIpc) is 3.16. The summed E-state index contributed by atoms with van der Waals surface area (Å²) in [6.07, 6.45) is 0. The molecule has 3 aromatic carbocycles. The molecule has 1 heterocycles. The van der Waals surface area contributed by atoms with Crippen LogP contribution in [0.3, 0.4) is 0 Å². The van der Waals surface area contributed by atoms with Gasteiger partial charge >= 0.3 is 5.97 Å². The van der Waals surface area contributed by atoms with Crippen LogP contribution in [-0.2, 0) is 4.74 Å². The van der Waals surface area contributed by atoms with Crippen LogP contribution in [0.15, 0.2) is 66.7 Å². The van der Waals surface area contributed by atoms with Gasteiger partial charge < -0.3 is 9.72 Å². The summed E-state index contributed by atoms with van der Waals surface area (Å²) in [6.45, 7) is 1.65. The number of H-pyrrole nitrogens is 1. The number of benzene rings is 3. The van der Waals surface area contributed by atoms with Crippen LogP contribution in [0.2, 0.25) is 5.02 Å². The SMILES string of the molecule is Cc1ccc(-c2nc3ccc(C(=O)OCC(=O)c4ccccc4Cl)cc3[nH]2)cc1. The van der Waals surface area contributed by atoms with Crippen LogP contribution in [0.4, 0.5) is 0 Å². The standard InChI is InChI=1S/C23H17ClN2O3/c1-14-6-8-15(9-7-14)22-25-19-11-10-16(12-20(19)26-22)23(28)29-13-21(27)17-4-2-3-5-18(17)24/h2-12H,13H2,1H3,(H,25,26). The second-order valence-electron chi connectivity index (χ2n) is 6.66. The number of carbonyl (C=O) groups excluding carboxylic acids is 2. The van der Waals surface area contributed by atoms with Crippen molar-refractivity contribution in [2.45, 2.75) is 6.92 Å². The third kappa shape index (κ3) is 4.05. The Morgan fingerprint density at radius 2 is 1.79 bits per heavy atom. The maximum absolute atomic E-state index is 12.4. The lowest BCUT2D eigenvalue weighted by molar-refractivity contribution is 0.0475. The molecule has 0 fully saturated rings. The fourth-order valence-electron chi connectivity index (χ4n) is 2.96. The van der Waals surface area contributed by atoms with Gasteiger partial charge in [-0.15, -0.1) is 0 Å². The van der Waals surface area contributed by atoms with Crippen molar-refractivity contribution in [2.24, 2.45) is 0 Å². The number of hydrogen-bond acceptors (Lipinski definition) is 4. The summed E-state index contributed by atoms with van der Waals surface area (Å²) < 4.78 is 5.17. The first-order valence-corrected chi connectivity index (χ1v) is 9.41. The summed E-state index contributed by atoms with van der Waals surface area (Å²) in [4.78, 5) is 32.4. The molecule has 4 rings (SSSR count). The van der Waals surface area contributed by atoms with E-state index in [2.05, 4.69) is 9.97 Å². The molecule has 5 nitrogen and oxygen atoms in total. The van der Waals surface area contributed by atoms with Gasteiger partial charge in [0, 0.05) is 11.1 Å². The lowest BCUT2D eigenvalue weighted by atomic mass is 10.1. The van der Waals surface area contributed by atoms with Crippen LogP contribution in [0.25, 0.3) is 22.4 Å². The molecule has 0 radical (unpaired) electrons. The fraction of sp³-hybridized carbons (Fsp3) is 0.0870. The number of ether oxygens (including phenoxy) is 1. The minimum atomic E-state index is -0.584. The molecule has 0 bridgehead atoms. The summed E-state index contributed by atoms with van der Waals surface area (Å²) in [5, 5.41) is 0.330. The molecule has 0 spiro atoms. The predicted molar refractivity (Wildman–Crippen MR) is 112 cm³/mol. The fourth-order valence-corrected chi connectivity index (χ4v) is 3.21. The Morgan fingerprint density at radius 3 is 2.55 bits per heavy atom. The Hall–Kier alpha value is -3.44. The van der Waals surface area contributed by atoms with E-state index in [1.165, 1.54) is 5.56 Å². The van der Waals surface area contributed by atoms with Crippen molar-refractivity contribution in [3.63, 3.8) is 0 Å². The van der Waals surface area contributed by atoms with Gasteiger partial charge in [-0.25, -0.2) is 9.78 Å². The molecule has 0 aliphatic rings. The number of fused-ring (bicyclic) bond motifs is 1. The first-order valence-electron chi connectivity index (χ1n) is 9.03. The highest BCUT2D eigenvalue weighted by molar-refractivity contribution is 6.34. The van der Waals surface area contributed by atoms with Crippen molar-refractivity contribution in [1.29, 1.82) is 0 Å². The Morgan fingerprint density at radius 1 is 1.03 bits per heavy atom. The van der Waals surface area contributed by atoms with E-state index in [-0.39, 0.29) is 12.4 Å². The van der Waals surface area contributed by atoms with E-state index in [0.29, 0.717) is 21.7 Å². The minimum absolute atomic E-state index is 0.328. The number of imidazole rings is 1. The summed E-state index contributed by atoms with van der Waals surface area (Å²) in [5.41, 5.74) is 4.25. The quantitative estimate of drug-likeness (QED) is 0.365. The first kappa shape index (κ1) is 18.9. The summed E-state index contributed by atoms with van der Waals surface area (Å²) >= 11 is 6.01. The van der Waals surface area contributed by atoms with E-state index in [9.17, 15) is 9.59 Å². The Bertz CT molecular complexity index is 1210. The van der Waals surface area contributed by atoms with E-state index in [1.54, 1.807) is 42.5 Å². The van der Waals surface area contributed by atoms with Crippen LogP contribution >= 0.6 is 11.6 Å². The third-order valence-electron chi connectivity index (χ3n) is 4.55. The Kier molecular flexibility index (Phi) is 5.14. The van der Waals surface area contributed by atoms with Crippen molar-refractivity contribution < 1.29 is 14.3 Å². The lowest BCUT2D eigenvalue weighted by Gasteiger charge is -2.05. The van der Waals surface area contributed by atoms with Crippen molar-refractivity contribution >= 4 is 34.4 Å². The molecular formula is C23H17ClN2O3. The van der Waals surface area contributed by atoms with Gasteiger partial charge in [0.1, 0.15) is 5.82 Å². The number of carbonyl (C=O) groups is 2. The number of nitrogens with zero attached hydrogens (tertiary/aromatic N) is 1. The average molecular weight is 405 g/mol. The molecule has 0 aliphatic heterocycles. The molecule has 0 amide bonds. The van der Waals surface area contributed by atoms with Gasteiger partial charge in [-0.1, -0.05) is 53.6 Å². The first-order chi connectivity index (χ1) is 14.0. The van der Waals surface area contributed by atoms with E-state index in [0.717, 1.165) is 16.9 Å². The normalized spacial score (nSPS) is 10.8. The summed E-state index contributed by atoms with van der Waals surface area (Å²) in [7, 11) is 0. The van der Waals surface area contributed by atoms with E-state index in [1.807, 2.05) is 31.2 Å². The smallest absolute Gasteiger partial charge is 0.338 e. The van der Waals surface area contributed by atoms with Gasteiger partial charge in [-0.2, -0.15) is 0 Å². The van der Waals surface area contributed by atoms with Crippen molar-refractivity contribution in [2.75, 3.05) is 6.61 Å². The largest absolute Gasteiger partial charge is 0.454 e. The number of Topliss-reactive ketones (excluding diaryl/α,β-unsaturated/α-hetero) is 1. The highest BCUT2D eigenvalue weighted by atomic mass is 35.5. The van der Waals surface area contributed by atoms with Crippen LogP contribution < -0.4 is 0 Å². The van der Waals surface area contributed by atoms with Gasteiger partial charge in [0.15, 0.2) is 6.61 Å². The maximum atomic E-state index is 12.4. The number of rotatable bonds is 5. The molecule has 1 aromatic heterocycles. The number of nitrogens with one attached hydrogen (secondary N) is 1. The molecule has 0 saturated carbocycles. The molecule has 6 heteroatoms. The van der Waals surface area contributed by atoms with Crippen LogP contribution in [-0.4, -0.2) is 28.3 Å². The second-order valence-corrected chi connectivity index (χ2v) is 7.07. The number of aryl methyl sites for hydroxylation is 1. The zero-order valence-corrected chi connectivity index (χ0v) is 16.4. The van der Waals surface area contributed by atoms with Gasteiger partial charge in [0.25, 0.3) is 0 Å². The number of aromatic nitrogens is 2. The Labute approximate surface area is 172 Å². The number of esters is 1. The molecule has 144 valence electrons. The molecule has 0 saturated heterocycles. The molecule has 4 aromatic rings. The lowest BCUT2D eigenvalue weighted by Crippen LogP contribution is -2.14. The number of halogens is 1. The molecule has 29 heavy (non-hydrogen) atoms. The summed E-state index contributed by atoms with van der Waals surface area (Å²) in [5.74, 6) is -0.216. The highest BCUT2D eigenvalue weighted by Crippen LogP contribution is 2.22. The second kappa shape index (κ2) is 7.89. The topological polar surface area (TPSA) is 72.0 Å². The van der Waals surface area contributed by atoms with Crippen LogP contribution in [0.5, 0.6) is 0 Å².